The van der Waals surface area contributed by atoms with E-state index in [1.807, 2.05) is 52.2 Å². The first-order valence-corrected chi connectivity index (χ1v) is 13.7. The number of carbonyl (C=O) groups is 1. The Labute approximate surface area is 231 Å². The lowest BCUT2D eigenvalue weighted by Crippen LogP contribution is -2.59. The van der Waals surface area contributed by atoms with E-state index in [0.29, 0.717) is 40.1 Å². The van der Waals surface area contributed by atoms with Crippen LogP contribution in [0.25, 0.3) is 16.7 Å². The molecular weight excluding hydrogens is 527 g/mol. The van der Waals surface area contributed by atoms with Crippen LogP contribution in [0.5, 0.6) is 0 Å². The molecule has 3 aromatic heterocycles. The number of ether oxygens (including phenoxy) is 1. The van der Waals surface area contributed by atoms with E-state index in [9.17, 15) is 9.59 Å². The number of halogens is 2. The fourth-order valence-corrected chi connectivity index (χ4v) is 6.21. The monoisotopic (exact) mass is 559 g/mol. The topological polar surface area (TPSA) is 84.4 Å². The molecule has 2 aliphatic heterocycles. The maximum Gasteiger partial charge on any atom is 0.442 e. The van der Waals surface area contributed by atoms with E-state index < -0.39 is 11.3 Å². The third kappa shape index (κ3) is 4.20. The van der Waals surface area contributed by atoms with E-state index in [2.05, 4.69) is 21.8 Å². The number of pyridine rings is 2. The molecule has 1 amide bonds. The molecule has 11 heteroatoms. The lowest BCUT2D eigenvalue weighted by atomic mass is 10.0. The van der Waals surface area contributed by atoms with E-state index in [4.69, 9.17) is 27.9 Å². The van der Waals surface area contributed by atoms with Crippen LogP contribution in [0.2, 0.25) is 10.2 Å². The van der Waals surface area contributed by atoms with Crippen molar-refractivity contribution in [3.8, 4) is 5.69 Å². The van der Waals surface area contributed by atoms with Gasteiger partial charge in [-0.2, -0.15) is 4.98 Å². The normalized spacial score (nSPS) is 21.0. The van der Waals surface area contributed by atoms with Gasteiger partial charge in [-0.3, -0.25) is 4.98 Å². The van der Waals surface area contributed by atoms with E-state index in [1.165, 1.54) is 0 Å². The summed E-state index contributed by atoms with van der Waals surface area (Å²) in [5, 5.41) is 1.41. The number of rotatable bonds is 2. The Morgan fingerprint density at radius 3 is 2.45 bits per heavy atom. The van der Waals surface area contributed by atoms with Crippen LogP contribution in [-0.2, 0) is 11.2 Å². The average molecular weight is 561 g/mol. The molecular formula is C27H33Cl2N6O3+. The van der Waals surface area contributed by atoms with Crippen LogP contribution in [0.1, 0.15) is 65.8 Å². The Kier molecular flexibility index (Phi) is 6.59. The summed E-state index contributed by atoms with van der Waals surface area (Å²) in [6.07, 6.45) is 2.14. The Balaban J connectivity index is 1.70. The number of amides is 1. The third-order valence-electron chi connectivity index (χ3n) is 7.23. The van der Waals surface area contributed by atoms with Crippen molar-refractivity contribution in [2.24, 2.45) is 0 Å². The van der Waals surface area contributed by atoms with Gasteiger partial charge >= 0.3 is 17.4 Å². The number of piperazine rings is 1. The van der Waals surface area contributed by atoms with Gasteiger partial charge in [0.2, 0.25) is 5.15 Å². The summed E-state index contributed by atoms with van der Waals surface area (Å²) in [6.45, 7) is 14.5. The molecule has 38 heavy (non-hydrogen) atoms. The first kappa shape index (κ1) is 26.7. The Morgan fingerprint density at radius 2 is 1.84 bits per heavy atom. The number of carbonyl (C=O) groups excluding carboxylic acids is 1. The van der Waals surface area contributed by atoms with Crippen LogP contribution < -0.4 is 15.2 Å². The standard InChI is InChI=1S/C27H33Cl2N6O3/c1-8-17-9-10-30-20-16(4)34-22(29)19(28)11-18-23(31-25(36)35(21(17)20)24(18)34)33-14(2)12-32(13-15(33)3)26(37)38-27(5,6)7/h9-11,14-16H,8,12-13H2,1-7H3/q+1/t14-,15-,16?/m0/s1. The summed E-state index contributed by atoms with van der Waals surface area (Å²) in [7, 11) is 0. The zero-order valence-corrected chi connectivity index (χ0v) is 24.3. The van der Waals surface area contributed by atoms with Crippen LogP contribution in [0, 0.1) is 0 Å². The fourth-order valence-electron chi connectivity index (χ4n) is 5.72. The second-order valence-electron chi connectivity index (χ2n) is 11.2. The molecule has 9 nitrogen and oxygen atoms in total. The van der Waals surface area contributed by atoms with Crippen molar-refractivity contribution in [1.29, 1.82) is 0 Å². The SMILES string of the molecule is CCc1ccnc2c1-n1c(=O)nc(N3[C@@H](C)CN(C(=O)OC(C)(C)C)C[C@@H]3C)c3cc(Cl)c(Cl)[n+](c31)C2C. The molecule has 0 saturated carbocycles. The van der Waals surface area contributed by atoms with Gasteiger partial charge < -0.3 is 14.5 Å². The molecule has 3 aromatic rings. The summed E-state index contributed by atoms with van der Waals surface area (Å²) in [5.74, 6) is 0.523. The van der Waals surface area contributed by atoms with Crippen molar-refractivity contribution in [2.75, 3.05) is 18.0 Å². The smallest absolute Gasteiger partial charge is 0.442 e. The van der Waals surface area contributed by atoms with Crippen molar-refractivity contribution in [1.82, 2.24) is 19.4 Å². The number of hydrogen-bond donors (Lipinski definition) is 0. The molecule has 1 saturated heterocycles. The highest BCUT2D eigenvalue weighted by Crippen LogP contribution is 2.37. The van der Waals surface area contributed by atoms with E-state index in [-0.39, 0.29) is 24.2 Å². The Bertz CT molecular complexity index is 1500. The quantitative estimate of drug-likeness (QED) is 0.334. The minimum atomic E-state index is -0.584. The number of anilines is 1. The van der Waals surface area contributed by atoms with Crippen molar-refractivity contribution in [2.45, 2.75) is 78.6 Å². The molecule has 0 aliphatic carbocycles. The first-order valence-electron chi connectivity index (χ1n) is 12.9. The van der Waals surface area contributed by atoms with Crippen LogP contribution >= 0.6 is 23.2 Å². The number of fused-ring (bicyclic) bond motifs is 2. The van der Waals surface area contributed by atoms with Crippen LogP contribution in [0.15, 0.2) is 23.1 Å². The second kappa shape index (κ2) is 9.38. The molecule has 0 radical (unpaired) electrons. The molecule has 0 spiro atoms. The summed E-state index contributed by atoms with van der Waals surface area (Å²) in [6, 6.07) is 3.19. The summed E-state index contributed by atoms with van der Waals surface area (Å²) in [5.41, 5.74) is 2.14. The number of aryl methyl sites for hydroxylation is 1. The predicted octanol–water partition coefficient (Wildman–Crippen LogP) is 4.69. The van der Waals surface area contributed by atoms with Crippen molar-refractivity contribution < 1.29 is 14.1 Å². The molecule has 2 aliphatic rings. The van der Waals surface area contributed by atoms with Crippen molar-refractivity contribution in [3.05, 3.63) is 50.2 Å². The molecule has 1 unspecified atom stereocenters. The van der Waals surface area contributed by atoms with Gasteiger partial charge in [0, 0.05) is 36.9 Å². The predicted molar refractivity (Wildman–Crippen MR) is 148 cm³/mol. The van der Waals surface area contributed by atoms with Gasteiger partial charge in [0.1, 0.15) is 27.7 Å². The highest BCUT2D eigenvalue weighted by atomic mass is 35.5. The van der Waals surface area contributed by atoms with E-state index in [1.54, 1.807) is 21.7 Å². The molecule has 202 valence electrons. The first-order chi connectivity index (χ1) is 17.8. The molecule has 0 bridgehead atoms. The van der Waals surface area contributed by atoms with Crippen LogP contribution in [-0.4, -0.2) is 56.3 Å². The van der Waals surface area contributed by atoms with Gasteiger partial charge in [-0.25, -0.2) is 14.2 Å². The minimum absolute atomic E-state index is 0.138. The van der Waals surface area contributed by atoms with Gasteiger partial charge in [0.15, 0.2) is 11.5 Å². The van der Waals surface area contributed by atoms with Gasteiger partial charge in [0.25, 0.3) is 0 Å². The summed E-state index contributed by atoms with van der Waals surface area (Å²) in [4.78, 5) is 39.7. The van der Waals surface area contributed by atoms with Gasteiger partial charge in [-0.05, 0) is 71.7 Å². The molecule has 0 N–H and O–H groups in total. The van der Waals surface area contributed by atoms with E-state index in [0.717, 1.165) is 23.4 Å². The number of nitrogens with zero attached hydrogens (tertiary/aromatic N) is 6. The van der Waals surface area contributed by atoms with Crippen molar-refractivity contribution in [3.63, 3.8) is 0 Å². The van der Waals surface area contributed by atoms with E-state index >= 15 is 0 Å². The Morgan fingerprint density at radius 1 is 1.18 bits per heavy atom. The molecule has 3 atom stereocenters. The largest absolute Gasteiger partial charge is 0.444 e. The minimum Gasteiger partial charge on any atom is -0.444 e. The number of aromatic nitrogens is 4. The summed E-state index contributed by atoms with van der Waals surface area (Å²) >= 11 is 13.4. The molecule has 0 aromatic carbocycles. The summed E-state index contributed by atoms with van der Waals surface area (Å²) < 4.78 is 9.10. The third-order valence-corrected chi connectivity index (χ3v) is 8.00. The van der Waals surface area contributed by atoms with Gasteiger partial charge in [-0.1, -0.05) is 18.5 Å². The average Bonchev–Trinajstić information content (AvgIpc) is 2.83. The molecule has 5 heterocycles. The zero-order valence-electron chi connectivity index (χ0n) is 22.7. The second-order valence-corrected chi connectivity index (χ2v) is 11.9. The highest BCUT2D eigenvalue weighted by molar-refractivity contribution is 6.41. The molecule has 1 fully saturated rings. The maximum absolute atomic E-state index is 13.8. The lowest BCUT2D eigenvalue weighted by Gasteiger charge is -2.45. The van der Waals surface area contributed by atoms with Gasteiger partial charge in [0.05, 0.1) is 0 Å². The Hall–Kier alpha value is -2.91. The molecule has 5 rings (SSSR count). The van der Waals surface area contributed by atoms with Crippen LogP contribution in [0.4, 0.5) is 10.6 Å². The van der Waals surface area contributed by atoms with Crippen molar-refractivity contribution >= 4 is 46.1 Å². The zero-order chi connectivity index (χ0) is 27.7. The van der Waals surface area contributed by atoms with Crippen LogP contribution in [0.3, 0.4) is 0 Å². The maximum atomic E-state index is 13.8. The fraction of sp³-hybridized carbons (Fsp3) is 0.519. The number of hydrogen-bond acceptors (Lipinski definition) is 6. The van der Waals surface area contributed by atoms with Gasteiger partial charge in [-0.15, -0.1) is 4.57 Å². The lowest BCUT2D eigenvalue weighted by molar-refractivity contribution is -0.687. The highest BCUT2D eigenvalue weighted by Gasteiger charge is 2.41.